The van der Waals surface area contributed by atoms with Crippen molar-refractivity contribution < 1.29 is 0 Å². The van der Waals surface area contributed by atoms with E-state index < -0.39 is 0 Å². The maximum atomic E-state index is 5.77. The Morgan fingerprint density at radius 3 is 2.95 bits per heavy atom. The highest BCUT2D eigenvalue weighted by Crippen LogP contribution is 2.42. The summed E-state index contributed by atoms with van der Waals surface area (Å²) in [5, 5.41) is 0. The standard InChI is InChI=1S/C15H23N3S/c16-14-10-13(4-7-17-14)11-18-8-9-19-15(12-18)5-2-1-3-6-15/h4,7,10H,1-3,5-6,8-9,11-12H2,(H2,16,17). The Balaban J connectivity index is 1.65. The molecule has 3 nitrogen and oxygen atoms in total. The van der Waals surface area contributed by atoms with Crippen molar-refractivity contribution in [2.45, 2.75) is 43.4 Å². The van der Waals surface area contributed by atoms with Gasteiger partial charge >= 0.3 is 0 Å². The molecule has 19 heavy (non-hydrogen) atoms. The lowest BCUT2D eigenvalue weighted by atomic mass is 9.87. The molecule has 0 radical (unpaired) electrons. The first-order chi connectivity index (χ1) is 9.26. The number of nitrogens with zero attached hydrogens (tertiary/aromatic N) is 2. The van der Waals surface area contributed by atoms with Gasteiger partial charge in [-0.1, -0.05) is 19.3 Å². The summed E-state index contributed by atoms with van der Waals surface area (Å²) in [6.45, 7) is 3.48. The first-order valence-electron chi connectivity index (χ1n) is 7.33. The Morgan fingerprint density at radius 1 is 1.32 bits per heavy atom. The lowest BCUT2D eigenvalue weighted by Gasteiger charge is -2.44. The molecule has 0 bridgehead atoms. The van der Waals surface area contributed by atoms with Crippen molar-refractivity contribution in [1.82, 2.24) is 9.88 Å². The summed E-state index contributed by atoms with van der Waals surface area (Å²) in [5.74, 6) is 1.91. The van der Waals surface area contributed by atoms with Crippen molar-refractivity contribution in [3.8, 4) is 0 Å². The van der Waals surface area contributed by atoms with Gasteiger partial charge in [0.25, 0.3) is 0 Å². The third-order valence-corrected chi connectivity index (χ3v) is 5.88. The summed E-state index contributed by atoms with van der Waals surface area (Å²) < 4.78 is 0.551. The van der Waals surface area contributed by atoms with Crippen LogP contribution < -0.4 is 5.73 Å². The number of pyridine rings is 1. The quantitative estimate of drug-likeness (QED) is 0.902. The molecule has 0 aromatic carbocycles. The SMILES string of the molecule is Nc1cc(CN2CCSC3(CCCCC3)C2)ccn1. The van der Waals surface area contributed by atoms with Gasteiger partial charge in [-0.2, -0.15) is 11.8 Å². The zero-order chi connectivity index (χ0) is 13.1. The summed E-state index contributed by atoms with van der Waals surface area (Å²) in [5.41, 5.74) is 7.06. The predicted molar refractivity (Wildman–Crippen MR) is 82.2 cm³/mol. The van der Waals surface area contributed by atoms with E-state index in [0.29, 0.717) is 10.6 Å². The van der Waals surface area contributed by atoms with Crippen molar-refractivity contribution in [1.29, 1.82) is 0 Å². The molecule has 0 amide bonds. The largest absolute Gasteiger partial charge is 0.384 e. The van der Waals surface area contributed by atoms with E-state index in [1.54, 1.807) is 0 Å². The van der Waals surface area contributed by atoms with Gasteiger partial charge in [0.05, 0.1) is 0 Å². The van der Waals surface area contributed by atoms with E-state index in [0.717, 1.165) is 6.54 Å². The number of anilines is 1. The molecule has 1 aliphatic carbocycles. The van der Waals surface area contributed by atoms with Crippen LogP contribution in [0.25, 0.3) is 0 Å². The minimum absolute atomic E-state index is 0.551. The monoisotopic (exact) mass is 277 g/mol. The van der Waals surface area contributed by atoms with Crippen molar-refractivity contribution in [3.63, 3.8) is 0 Å². The molecule has 0 atom stereocenters. The van der Waals surface area contributed by atoms with Crippen molar-refractivity contribution >= 4 is 17.6 Å². The molecule has 4 heteroatoms. The van der Waals surface area contributed by atoms with Gasteiger partial charge in [-0.3, -0.25) is 4.90 Å². The Bertz CT molecular complexity index is 424. The Hall–Kier alpha value is -0.740. The maximum Gasteiger partial charge on any atom is 0.123 e. The minimum Gasteiger partial charge on any atom is -0.384 e. The van der Waals surface area contributed by atoms with E-state index in [-0.39, 0.29) is 0 Å². The van der Waals surface area contributed by atoms with Crippen LogP contribution in [0.2, 0.25) is 0 Å². The van der Waals surface area contributed by atoms with Crippen molar-refractivity contribution in [2.24, 2.45) is 0 Å². The lowest BCUT2D eigenvalue weighted by Crippen LogP contribution is -2.47. The molecular formula is C15H23N3S. The van der Waals surface area contributed by atoms with Crippen LogP contribution in [0.3, 0.4) is 0 Å². The fourth-order valence-electron chi connectivity index (χ4n) is 3.41. The smallest absolute Gasteiger partial charge is 0.123 e. The highest BCUT2D eigenvalue weighted by molar-refractivity contribution is 8.00. The molecular weight excluding hydrogens is 254 g/mol. The van der Waals surface area contributed by atoms with Crippen LogP contribution in [0.1, 0.15) is 37.7 Å². The molecule has 1 aliphatic heterocycles. The summed E-state index contributed by atoms with van der Waals surface area (Å²) in [6.07, 6.45) is 8.91. The molecule has 2 aliphatic rings. The molecule has 2 heterocycles. The van der Waals surface area contributed by atoms with Crippen LogP contribution in [0.4, 0.5) is 5.82 Å². The fraction of sp³-hybridized carbons (Fsp3) is 0.667. The predicted octanol–water partition coefficient (Wildman–Crippen LogP) is 2.92. The van der Waals surface area contributed by atoms with Crippen LogP contribution in [0.5, 0.6) is 0 Å². The topological polar surface area (TPSA) is 42.1 Å². The average Bonchev–Trinajstić information content (AvgIpc) is 2.40. The number of nitrogen functional groups attached to an aromatic ring is 1. The molecule has 104 valence electrons. The van der Waals surface area contributed by atoms with Gasteiger partial charge in [-0.25, -0.2) is 4.98 Å². The average molecular weight is 277 g/mol. The van der Waals surface area contributed by atoms with Crippen LogP contribution >= 0.6 is 11.8 Å². The second-order valence-corrected chi connectivity index (χ2v) is 7.45. The highest BCUT2D eigenvalue weighted by Gasteiger charge is 2.36. The van der Waals surface area contributed by atoms with Gasteiger partial charge in [0.15, 0.2) is 0 Å². The summed E-state index contributed by atoms with van der Waals surface area (Å²) in [7, 11) is 0. The van der Waals surface area contributed by atoms with Crippen molar-refractivity contribution in [3.05, 3.63) is 23.9 Å². The third-order valence-electron chi connectivity index (χ3n) is 4.34. The molecule has 1 saturated heterocycles. The van der Waals surface area contributed by atoms with E-state index in [1.807, 2.05) is 12.3 Å². The van der Waals surface area contributed by atoms with Crippen LogP contribution in [0, 0.1) is 0 Å². The van der Waals surface area contributed by atoms with E-state index in [4.69, 9.17) is 5.73 Å². The zero-order valence-electron chi connectivity index (χ0n) is 11.5. The van der Waals surface area contributed by atoms with E-state index >= 15 is 0 Å². The molecule has 1 spiro atoms. The first-order valence-corrected chi connectivity index (χ1v) is 8.31. The highest BCUT2D eigenvalue weighted by atomic mass is 32.2. The first kappa shape index (κ1) is 13.3. The van der Waals surface area contributed by atoms with Gasteiger partial charge in [-0.05, 0) is 30.5 Å². The Labute approximate surface area is 120 Å². The Kier molecular flexibility index (Phi) is 3.99. The zero-order valence-corrected chi connectivity index (χ0v) is 12.3. The second-order valence-electron chi connectivity index (χ2n) is 5.89. The summed E-state index contributed by atoms with van der Waals surface area (Å²) >= 11 is 2.23. The molecule has 1 aromatic rings. The molecule has 2 fully saturated rings. The summed E-state index contributed by atoms with van der Waals surface area (Å²) in [6, 6.07) is 4.10. The van der Waals surface area contributed by atoms with E-state index in [2.05, 4.69) is 27.7 Å². The minimum atomic E-state index is 0.551. The molecule has 1 saturated carbocycles. The number of thioether (sulfide) groups is 1. The number of nitrogens with two attached hydrogens (primary N) is 1. The number of hydrogen-bond donors (Lipinski definition) is 1. The summed E-state index contributed by atoms with van der Waals surface area (Å²) in [4.78, 5) is 6.68. The molecule has 3 rings (SSSR count). The number of rotatable bonds is 2. The van der Waals surface area contributed by atoms with Gasteiger partial charge in [0, 0.05) is 36.3 Å². The molecule has 2 N–H and O–H groups in total. The Morgan fingerprint density at radius 2 is 2.16 bits per heavy atom. The van der Waals surface area contributed by atoms with Crippen LogP contribution in [0.15, 0.2) is 18.3 Å². The maximum absolute atomic E-state index is 5.77. The van der Waals surface area contributed by atoms with Crippen molar-refractivity contribution in [2.75, 3.05) is 24.6 Å². The van der Waals surface area contributed by atoms with Crippen LogP contribution in [-0.4, -0.2) is 33.5 Å². The normalized spacial score (nSPS) is 23.6. The lowest BCUT2D eigenvalue weighted by molar-refractivity contribution is 0.212. The van der Waals surface area contributed by atoms with Gasteiger partial charge in [-0.15, -0.1) is 0 Å². The fourth-order valence-corrected chi connectivity index (χ4v) is 5.04. The number of hydrogen-bond acceptors (Lipinski definition) is 4. The van der Waals surface area contributed by atoms with E-state index in [9.17, 15) is 0 Å². The van der Waals surface area contributed by atoms with Gasteiger partial charge in [0.1, 0.15) is 5.82 Å². The van der Waals surface area contributed by atoms with Crippen LogP contribution in [-0.2, 0) is 6.54 Å². The van der Waals surface area contributed by atoms with E-state index in [1.165, 1.54) is 56.5 Å². The molecule has 1 aromatic heterocycles. The van der Waals surface area contributed by atoms with Gasteiger partial charge < -0.3 is 5.73 Å². The van der Waals surface area contributed by atoms with Gasteiger partial charge in [0.2, 0.25) is 0 Å². The molecule has 0 unspecified atom stereocenters. The second kappa shape index (κ2) is 5.71. The number of aromatic nitrogens is 1. The third kappa shape index (κ3) is 3.23.